The zero-order valence-corrected chi connectivity index (χ0v) is 7.93. The van der Waals surface area contributed by atoms with Gasteiger partial charge in [0.1, 0.15) is 0 Å². The van der Waals surface area contributed by atoms with Gasteiger partial charge in [0.15, 0.2) is 0 Å². The Bertz CT molecular complexity index is 126. The number of hydrogen-bond donors (Lipinski definition) is 1. The molecule has 2 N–H and O–H groups in total. The minimum absolute atomic E-state index is 0.148. The van der Waals surface area contributed by atoms with Crippen LogP contribution in [0.15, 0.2) is 0 Å². The highest BCUT2D eigenvalue weighted by Crippen LogP contribution is 2.21. The summed E-state index contributed by atoms with van der Waals surface area (Å²) >= 11 is 0. The summed E-state index contributed by atoms with van der Waals surface area (Å²) in [5.41, 5.74) is 6.17. The highest BCUT2D eigenvalue weighted by atomic mass is 15.2. The summed E-state index contributed by atoms with van der Waals surface area (Å²) in [6.45, 7) is 10.1. The second kappa shape index (κ2) is 3.11. The normalized spacial score (nSPS) is 23.7. The molecule has 2 heteroatoms. The van der Waals surface area contributed by atoms with E-state index in [0.717, 1.165) is 25.4 Å². The van der Waals surface area contributed by atoms with Crippen LogP contribution in [0.3, 0.4) is 0 Å². The van der Waals surface area contributed by atoms with Gasteiger partial charge in [0.05, 0.1) is 0 Å². The third-order valence-corrected chi connectivity index (χ3v) is 2.40. The van der Waals surface area contributed by atoms with Crippen molar-refractivity contribution in [2.75, 3.05) is 19.6 Å². The number of likely N-dealkylation sites (tertiary alicyclic amines) is 1. The highest BCUT2D eigenvalue weighted by molar-refractivity contribution is 4.98. The van der Waals surface area contributed by atoms with E-state index < -0.39 is 0 Å². The molecule has 0 unspecified atom stereocenters. The summed E-state index contributed by atoms with van der Waals surface area (Å²) in [7, 11) is 0. The van der Waals surface area contributed by atoms with Crippen molar-refractivity contribution in [1.29, 1.82) is 0 Å². The summed E-state index contributed by atoms with van der Waals surface area (Å²) in [4.78, 5) is 2.44. The van der Waals surface area contributed by atoms with Crippen LogP contribution in [-0.2, 0) is 0 Å². The molecule has 0 radical (unpaired) electrons. The van der Waals surface area contributed by atoms with Gasteiger partial charge in [-0.15, -0.1) is 0 Å². The molecule has 0 saturated carbocycles. The van der Waals surface area contributed by atoms with Gasteiger partial charge in [-0.3, -0.25) is 4.90 Å². The van der Waals surface area contributed by atoms with Gasteiger partial charge in [-0.2, -0.15) is 0 Å². The maximum absolute atomic E-state index is 6.03. The fourth-order valence-electron chi connectivity index (χ4n) is 1.71. The Morgan fingerprint density at radius 2 is 2.00 bits per heavy atom. The molecule has 11 heavy (non-hydrogen) atoms. The lowest BCUT2D eigenvalue weighted by atomic mass is 9.88. The van der Waals surface area contributed by atoms with E-state index in [-0.39, 0.29) is 5.54 Å². The molecule has 0 amide bonds. The molecule has 1 heterocycles. The van der Waals surface area contributed by atoms with Gasteiger partial charge in [-0.1, -0.05) is 20.8 Å². The lowest BCUT2D eigenvalue weighted by Gasteiger charge is -2.48. The first kappa shape index (κ1) is 9.01. The molecular formula is C9H20N2. The molecule has 1 aliphatic rings. The van der Waals surface area contributed by atoms with Crippen LogP contribution in [-0.4, -0.2) is 30.1 Å². The Morgan fingerprint density at radius 3 is 2.36 bits per heavy atom. The molecule has 1 saturated heterocycles. The van der Waals surface area contributed by atoms with Gasteiger partial charge >= 0.3 is 0 Å². The predicted molar refractivity (Wildman–Crippen MR) is 48.5 cm³/mol. The molecular weight excluding hydrogens is 136 g/mol. The molecule has 1 fully saturated rings. The van der Waals surface area contributed by atoms with Crippen LogP contribution < -0.4 is 5.73 Å². The molecule has 1 rings (SSSR count). The van der Waals surface area contributed by atoms with E-state index in [9.17, 15) is 0 Å². The molecule has 0 spiro atoms. The average Bonchev–Trinajstić information content (AvgIpc) is 1.83. The van der Waals surface area contributed by atoms with E-state index in [1.54, 1.807) is 0 Å². The minimum atomic E-state index is 0.148. The van der Waals surface area contributed by atoms with Crippen molar-refractivity contribution in [2.24, 2.45) is 11.7 Å². The van der Waals surface area contributed by atoms with Crippen LogP contribution in [0.25, 0.3) is 0 Å². The van der Waals surface area contributed by atoms with Gasteiger partial charge < -0.3 is 5.73 Å². The van der Waals surface area contributed by atoms with Gasteiger partial charge in [-0.25, -0.2) is 0 Å². The zero-order chi connectivity index (χ0) is 8.48. The van der Waals surface area contributed by atoms with Gasteiger partial charge in [0.2, 0.25) is 0 Å². The maximum atomic E-state index is 6.03. The minimum Gasteiger partial charge on any atom is -0.323 e. The number of nitrogens with zero attached hydrogens (tertiary/aromatic N) is 1. The number of nitrogens with two attached hydrogens (primary N) is 1. The fourth-order valence-corrected chi connectivity index (χ4v) is 1.71. The van der Waals surface area contributed by atoms with Crippen molar-refractivity contribution < 1.29 is 0 Å². The predicted octanol–water partition coefficient (Wildman–Crippen LogP) is 1.07. The monoisotopic (exact) mass is 156 g/mol. The lowest BCUT2D eigenvalue weighted by molar-refractivity contribution is 0.0572. The highest BCUT2D eigenvalue weighted by Gasteiger charge is 2.37. The van der Waals surface area contributed by atoms with Crippen LogP contribution in [0.1, 0.15) is 27.2 Å². The first-order valence-electron chi connectivity index (χ1n) is 4.57. The van der Waals surface area contributed by atoms with E-state index in [1.807, 2.05) is 0 Å². The molecule has 0 aromatic heterocycles. The third kappa shape index (κ3) is 2.17. The molecule has 2 nitrogen and oxygen atoms in total. The van der Waals surface area contributed by atoms with Crippen LogP contribution in [0.5, 0.6) is 0 Å². The second-order valence-electron chi connectivity index (χ2n) is 4.28. The molecule has 0 bridgehead atoms. The molecule has 0 atom stereocenters. The molecule has 0 aromatic carbocycles. The maximum Gasteiger partial charge on any atom is 0.0409 e. The van der Waals surface area contributed by atoms with E-state index in [2.05, 4.69) is 25.7 Å². The summed E-state index contributed by atoms with van der Waals surface area (Å²) in [6.07, 6.45) is 1.11. The largest absolute Gasteiger partial charge is 0.323 e. The van der Waals surface area contributed by atoms with Crippen LogP contribution in [0.4, 0.5) is 0 Å². The topological polar surface area (TPSA) is 29.3 Å². The third-order valence-electron chi connectivity index (χ3n) is 2.40. The van der Waals surface area contributed by atoms with Gasteiger partial charge in [0.25, 0.3) is 0 Å². The van der Waals surface area contributed by atoms with Crippen molar-refractivity contribution in [3.8, 4) is 0 Å². The first-order chi connectivity index (χ1) is 5.06. The van der Waals surface area contributed by atoms with Crippen LogP contribution in [0.2, 0.25) is 0 Å². The van der Waals surface area contributed by atoms with Crippen molar-refractivity contribution in [3.63, 3.8) is 0 Å². The SMILES string of the molecule is CCC1(N)CN(CC(C)C)C1. The van der Waals surface area contributed by atoms with Crippen molar-refractivity contribution in [3.05, 3.63) is 0 Å². The Morgan fingerprint density at radius 1 is 1.45 bits per heavy atom. The van der Waals surface area contributed by atoms with E-state index in [4.69, 9.17) is 5.73 Å². The standard InChI is InChI=1S/C9H20N2/c1-4-9(10)6-11(7-9)5-8(2)3/h8H,4-7,10H2,1-3H3. The van der Waals surface area contributed by atoms with E-state index >= 15 is 0 Å². The molecule has 1 aliphatic heterocycles. The fraction of sp³-hybridized carbons (Fsp3) is 1.00. The number of hydrogen-bond acceptors (Lipinski definition) is 2. The smallest absolute Gasteiger partial charge is 0.0409 e. The van der Waals surface area contributed by atoms with E-state index in [1.165, 1.54) is 6.54 Å². The van der Waals surface area contributed by atoms with Crippen molar-refractivity contribution in [2.45, 2.75) is 32.7 Å². The second-order valence-corrected chi connectivity index (χ2v) is 4.28. The molecule has 66 valence electrons. The molecule has 0 aromatic rings. The first-order valence-corrected chi connectivity index (χ1v) is 4.57. The quantitative estimate of drug-likeness (QED) is 0.662. The van der Waals surface area contributed by atoms with Crippen molar-refractivity contribution in [1.82, 2.24) is 4.90 Å². The van der Waals surface area contributed by atoms with Crippen LogP contribution in [0, 0.1) is 5.92 Å². The van der Waals surface area contributed by atoms with E-state index in [0.29, 0.717) is 0 Å². The average molecular weight is 156 g/mol. The lowest BCUT2D eigenvalue weighted by Crippen LogP contribution is -2.67. The Balaban J connectivity index is 2.18. The zero-order valence-electron chi connectivity index (χ0n) is 7.93. The van der Waals surface area contributed by atoms with Crippen LogP contribution >= 0.6 is 0 Å². The Labute approximate surface area is 69.8 Å². The van der Waals surface area contributed by atoms with Crippen molar-refractivity contribution >= 4 is 0 Å². The summed E-state index contributed by atoms with van der Waals surface area (Å²) in [5, 5.41) is 0. The Hall–Kier alpha value is -0.0800. The van der Waals surface area contributed by atoms with Gasteiger partial charge in [-0.05, 0) is 12.3 Å². The summed E-state index contributed by atoms with van der Waals surface area (Å²) < 4.78 is 0. The summed E-state index contributed by atoms with van der Waals surface area (Å²) in [6, 6.07) is 0. The number of rotatable bonds is 3. The summed E-state index contributed by atoms with van der Waals surface area (Å²) in [5.74, 6) is 0.774. The van der Waals surface area contributed by atoms with Gasteiger partial charge in [0, 0.05) is 25.2 Å². The molecule has 0 aliphatic carbocycles. The Kier molecular flexibility index (Phi) is 2.55.